The molecule has 1 amide bonds. The van der Waals surface area contributed by atoms with Gasteiger partial charge in [-0.1, -0.05) is 12.8 Å². The van der Waals surface area contributed by atoms with Crippen molar-refractivity contribution in [2.75, 3.05) is 13.7 Å². The fourth-order valence-corrected chi connectivity index (χ4v) is 4.25. The van der Waals surface area contributed by atoms with Crippen molar-refractivity contribution in [3.63, 3.8) is 0 Å². The summed E-state index contributed by atoms with van der Waals surface area (Å²) in [5.41, 5.74) is 0. The van der Waals surface area contributed by atoms with Crippen LogP contribution in [0.5, 0.6) is 0 Å². The highest BCUT2D eigenvalue weighted by Gasteiger charge is 2.49. The molecule has 3 aliphatic rings. The second kappa shape index (κ2) is 5.93. The van der Waals surface area contributed by atoms with Crippen molar-refractivity contribution in [1.82, 2.24) is 10.2 Å². The van der Waals surface area contributed by atoms with E-state index in [1.165, 1.54) is 0 Å². The minimum Gasteiger partial charge on any atom is -0.480 e. The second-order valence-corrected chi connectivity index (χ2v) is 6.50. The van der Waals surface area contributed by atoms with Crippen LogP contribution in [0.25, 0.3) is 0 Å². The Morgan fingerprint density at radius 1 is 1.24 bits per heavy atom. The Morgan fingerprint density at radius 3 is 2.67 bits per heavy atom. The number of carbonyl (C=O) groups is 2. The normalized spacial score (nSPS) is 39.3. The van der Waals surface area contributed by atoms with E-state index in [-0.39, 0.29) is 24.1 Å². The van der Waals surface area contributed by atoms with E-state index in [1.807, 2.05) is 0 Å². The number of aliphatic carboxylic acids is 1. The van der Waals surface area contributed by atoms with Crippen molar-refractivity contribution in [2.24, 2.45) is 5.92 Å². The molecule has 0 aromatic rings. The lowest BCUT2D eigenvalue weighted by molar-refractivity contribution is -0.150. The lowest BCUT2D eigenvalue weighted by Crippen LogP contribution is -2.52. The maximum absolute atomic E-state index is 12.8. The monoisotopic (exact) mass is 296 g/mol. The topological polar surface area (TPSA) is 78.9 Å². The quantitative estimate of drug-likeness (QED) is 0.797. The fraction of sp³-hybridized carbons (Fsp3) is 0.867. The van der Waals surface area contributed by atoms with Crippen molar-refractivity contribution in [3.05, 3.63) is 0 Å². The Labute approximate surface area is 124 Å². The molecule has 6 heteroatoms. The number of nitrogens with zero attached hydrogens (tertiary/aromatic N) is 1. The number of hydrogen-bond acceptors (Lipinski definition) is 4. The summed E-state index contributed by atoms with van der Waals surface area (Å²) in [5, 5.41) is 12.7. The first-order valence-corrected chi connectivity index (χ1v) is 7.93. The van der Waals surface area contributed by atoms with Crippen molar-refractivity contribution < 1.29 is 19.4 Å². The second-order valence-electron chi connectivity index (χ2n) is 6.50. The summed E-state index contributed by atoms with van der Waals surface area (Å²) in [7, 11) is 1.65. The van der Waals surface area contributed by atoms with Crippen LogP contribution in [0.15, 0.2) is 0 Å². The van der Waals surface area contributed by atoms with Gasteiger partial charge >= 0.3 is 5.97 Å². The summed E-state index contributed by atoms with van der Waals surface area (Å²) in [6, 6.07) is -0.817. The molecule has 2 heterocycles. The van der Waals surface area contributed by atoms with E-state index in [0.29, 0.717) is 25.3 Å². The molecule has 2 saturated heterocycles. The predicted octanol–water partition coefficient (Wildman–Crippen LogP) is 0.608. The van der Waals surface area contributed by atoms with Crippen LogP contribution in [0.3, 0.4) is 0 Å². The fourth-order valence-electron chi connectivity index (χ4n) is 4.25. The Morgan fingerprint density at radius 2 is 2.00 bits per heavy atom. The third-order valence-electron chi connectivity index (χ3n) is 5.35. The molecule has 5 unspecified atom stereocenters. The lowest BCUT2D eigenvalue weighted by Gasteiger charge is -2.34. The molecule has 2 aliphatic heterocycles. The van der Waals surface area contributed by atoms with Gasteiger partial charge in [0.2, 0.25) is 5.91 Å². The minimum atomic E-state index is -0.862. The van der Waals surface area contributed by atoms with Crippen LogP contribution in [0.4, 0.5) is 0 Å². The highest BCUT2D eigenvalue weighted by atomic mass is 16.5. The third kappa shape index (κ3) is 2.66. The number of methoxy groups -OCH3 is 1. The highest BCUT2D eigenvalue weighted by Crippen LogP contribution is 2.40. The summed E-state index contributed by atoms with van der Waals surface area (Å²) in [4.78, 5) is 26.1. The Bertz CT molecular complexity index is 428. The standard InChI is InChI=1S/C15H24N2O4/c1-21-10-7-11(16-8-10)14(18)17-12-5-3-2-4-9(12)6-13(17)15(19)20/h9-13,16H,2-8H2,1H3,(H,19,20). The van der Waals surface area contributed by atoms with Crippen LogP contribution < -0.4 is 5.32 Å². The summed E-state index contributed by atoms with van der Waals surface area (Å²) >= 11 is 0. The van der Waals surface area contributed by atoms with E-state index >= 15 is 0 Å². The van der Waals surface area contributed by atoms with E-state index in [4.69, 9.17) is 4.74 Å². The molecule has 3 fully saturated rings. The number of fused-ring (bicyclic) bond motifs is 1. The zero-order valence-electron chi connectivity index (χ0n) is 12.5. The number of carboxylic acids is 1. The molecule has 118 valence electrons. The zero-order valence-corrected chi connectivity index (χ0v) is 12.5. The number of likely N-dealkylation sites (tertiary alicyclic amines) is 1. The van der Waals surface area contributed by atoms with Crippen LogP contribution in [0.1, 0.15) is 38.5 Å². The number of rotatable bonds is 3. The molecule has 3 rings (SSSR count). The van der Waals surface area contributed by atoms with E-state index in [9.17, 15) is 14.7 Å². The summed E-state index contributed by atoms with van der Waals surface area (Å²) in [5.74, 6) is -0.543. The molecular formula is C15H24N2O4. The predicted molar refractivity (Wildman–Crippen MR) is 75.8 cm³/mol. The van der Waals surface area contributed by atoms with Crippen LogP contribution in [0.2, 0.25) is 0 Å². The van der Waals surface area contributed by atoms with Crippen molar-refractivity contribution in [3.8, 4) is 0 Å². The van der Waals surface area contributed by atoms with Gasteiger partial charge < -0.3 is 20.1 Å². The van der Waals surface area contributed by atoms with Crippen molar-refractivity contribution in [2.45, 2.75) is 62.8 Å². The molecule has 0 radical (unpaired) electrons. The van der Waals surface area contributed by atoms with E-state index in [0.717, 1.165) is 25.7 Å². The van der Waals surface area contributed by atoms with Crippen LogP contribution in [0, 0.1) is 5.92 Å². The Balaban J connectivity index is 1.76. The maximum atomic E-state index is 12.8. The number of ether oxygens (including phenoxy) is 1. The molecular weight excluding hydrogens is 272 g/mol. The molecule has 0 spiro atoms. The van der Waals surface area contributed by atoms with Gasteiger partial charge in [0, 0.05) is 19.7 Å². The largest absolute Gasteiger partial charge is 0.480 e. The molecule has 0 aromatic heterocycles. The van der Waals surface area contributed by atoms with Gasteiger partial charge in [-0.3, -0.25) is 4.79 Å². The third-order valence-corrected chi connectivity index (χ3v) is 5.35. The van der Waals surface area contributed by atoms with E-state index in [1.54, 1.807) is 12.0 Å². The van der Waals surface area contributed by atoms with Crippen LogP contribution in [-0.2, 0) is 14.3 Å². The van der Waals surface area contributed by atoms with Gasteiger partial charge in [-0.05, 0) is 31.6 Å². The first-order valence-electron chi connectivity index (χ1n) is 7.93. The van der Waals surface area contributed by atoms with E-state index in [2.05, 4.69) is 5.32 Å². The number of carboxylic acid groups (broad SMARTS) is 1. The average molecular weight is 296 g/mol. The van der Waals surface area contributed by atoms with Crippen molar-refractivity contribution in [1.29, 1.82) is 0 Å². The molecule has 2 N–H and O–H groups in total. The van der Waals surface area contributed by atoms with Gasteiger partial charge in [-0.25, -0.2) is 4.79 Å². The minimum absolute atomic E-state index is 0.0450. The Hall–Kier alpha value is -1.14. The number of carbonyl (C=O) groups excluding carboxylic acids is 1. The summed E-state index contributed by atoms with van der Waals surface area (Å²) < 4.78 is 5.29. The molecule has 1 saturated carbocycles. The molecule has 5 atom stereocenters. The number of hydrogen-bond donors (Lipinski definition) is 2. The molecule has 0 bridgehead atoms. The first-order chi connectivity index (χ1) is 10.1. The summed E-state index contributed by atoms with van der Waals surface area (Å²) in [6.07, 6.45) is 5.55. The highest BCUT2D eigenvalue weighted by molar-refractivity contribution is 5.88. The van der Waals surface area contributed by atoms with Gasteiger partial charge in [0.05, 0.1) is 12.1 Å². The molecule has 1 aliphatic carbocycles. The molecule has 6 nitrogen and oxygen atoms in total. The number of nitrogens with one attached hydrogen (secondary N) is 1. The van der Waals surface area contributed by atoms with Crippen LogP contribution >= 0.6 is 0 Å². The van der Waals surface area contributed by atoms with Gasteiger partial charge in [0.15, 0.2) is 0 Å². The maximum Gasteiger partial charge on any atom is 0.326 e. The van der Waals surface area contributed by atoms with E-state index < -0.39 is 12.0 Å². The van der Waals surface area contributed by atoms with Crippen LogP contribution in [-0.4, -0.2) is 59.8 Å². The smallest absolute Gasteiger partial charge is 0.326 e. The average Bonchev–Trinajstić information content (AvgIpc) is 3.11. The van der Waals surface area contributed by atoms with Gasteiger partial charge in [-0.2, -0.15) is 0 Å². The van der Waals surface area contributed by atoms with Gasteiger partial charge in [-0.15, -0.1) is 0 Å². The molecule has 0 aromatic carbocycles. The first kappa shape index (κ1) is 14.8. The number of amides is 1. The van der Waals surface area contributed by atoms with Crippen molar-refractivity contribution >= 4 is 11.9 Å². The molecule has 21 heavy (non-hydrogen) atoms. The SMILES string of the molecule is COC1CNC(C(=O)N2C(C(=O)O)CC3CCCCC32)C1. The van der Waals surface area contributed by atoms with Gasteiger partial charge in [0.1, 0.15) is 6.04 Å². The zero-order chi connectivity index (χ0) is 15.0. The Kier molecular flexibility index (Phi) is 4.17. The summed E-state index contributed by atoms with van der Waals surface area (Å²) in [6.45, 7) is 0.659. The lowest BCUT2D eigenvalue weighted by atomic mass is 9.84. The van der Waals surface area contributed by atoms with Gasteiger partial charge in [0.25, 0.3) is 0 Å².